The first-order valence-electron chi connectivity index (χ1n) is 9.55. The highest BCUT2D eigenvalue weighted by Crippen LogP contribution is 2.50. The number of amides is 1. The van der Waals surface area contributed by atoms with Crippen LogP contribution in [-0.2, 0) is 16.6 Å². The van der Waals surface area contributed by atoms with E-state index in [-0.39, 0.29) is 5.41 Å². The van der Waals surface area contributed by atoms with Crippen LogP contribution < -0.4 is 4.74 Å². The van der Waals surface area contributed by atoms with Crippen LogP contribution in [0.5, 0.6) is 5.75 Å². The normalized spacial score (nSPS) is 21.5. The predicted octanol–water partition coefficient (Wildman–Crippen LogP) is 3.24. The molecule has 138 valence electrons. The molecule has 1 aliphatic carbocycles. The summed E-state index contributed by atoms with van der Waals surface area (Å²) in [6.45, 7) is 3.83. The van der Waals surface area contributed by atoms with Crippen LogP contribution in [0.4, 0.5) is 0 Å². The van der Waals surface area contributed by atoms with E-state index in [1.165, 1.54) is 17.7 Å². The van der Waals surface area contributed by atoms with Crippen LogP contribution in [0.2, 0.25) is 0 Å². The lowest BCUT2D eigenvalue weighted by Crippen LogP contribution is -2.45. The number of aromatic amines is 1. The molecule has 26 heavy (non-hydrogen) atoms. The molecule has 1 aromatic heterocycles. The zero-order valence-electron chi connectivity index (χ0n) is 15.6. The average molecular weight is 353 g/mol. The van der Waals surface area contributed by atoms with Crippen molar-refractivity contribution in [1.29, 1.82) is 0 Å². The zero-order chi connectivity index (χ0) is 18.1. The molecule has 0 radical (unpaired) electrons. The van der Waals surface area contributed by atoms with Crippen LogP contribution in [0.25, 0.3) is 0 Å². The second-order valence-corrected chi connectivity index (χ2v) is 7.81. The van der Waals surface area contributed by atoms with Crippen molar-refractivity contribution in [2.24, 2.45) is 5.92 Å². The molecule has 1 aromatic carbocycles. The van der Waals surface area contributed by atoms with Gasteiger partial charge in [-0.05, 0) is 68.2 Å². The molecule has 0 bridgehead atoms. The minimum Gasteiger partial charge on any atom is -0.497 e. The SMILES string of the molecule is COc1ccc(C2(C(=O)N3CCCC(Cc4[nH]ncc4C)C3)CC2)cc1. The van der Waals surface area contributed by atoms with Gasteiger partial charge in [0.05, 0.1) is 18.7 Å². The highest BCUT2D eigenvalue weighted by Gasteiger charge is 2.53. The van der Waals surface area contributed by atoms with E-state index in [2.05, 4.69) is 34.2 Å². The number of hydrogen-bond acceptors (Lipinski definition) is 3. The van der Waals surface area contributed by atoms with Gasteiger partial charge in [-0.15, -0.1) is 0 Å². The van der Waals surface area contributed by atoms with Gasteiger partial charge in [0, 0.05) is 18.8 Å². The Morgan fingerprint density at radius 2 is 2.12 bits per heavy atom. The lowest BCUT2D eigenvalue weighted by molar-refractivity contribution is -0.135. The summed E-state index contributed by atoms with van der Waals surface area (Å²) in [5.41, 5.74) is 3.26. The summed E-state index contributed by atoms with van der Waals surface area (Å²) in [5.74, 6) is 1.66. The molecule has 2 aliphatic rings. The average Bonchev–Trinajstić information content (AvgIpc) is 3.40. The van der Waals surface area contributed by atoms with Gasteiger partial charge < -0.3 is 9.64 Å². The molecule has 2 aromatic rings. The van der Waals surface area contributed by atoms with Crippen LogP contribution >= 0.6 is 0 Å². The van der Waals surface area contributed by atoms with Gasteiger partial charge in [-0.2, -0.15) is 5.10 Å². The molecule has 4 rings (SSSR count). The van der Waals surface area contributed by atoms with E-state index in [0.717, 1.165) is 50.1 Å². The number of aryl methyl sites for hydroxylation is 1. The number of H-pyrrole nitrogens is 1. The molecule has 5 heteroatoms. The first-order chi connectivity index (χ1) is 12.6. The summed E-state index contributed by atoms with van der Waals surface area (Å²) in [5, 5.41) is 7.24. The minimum absolute atomic E-state index is 0.294. The number of benzene rings is 1. The maximum absolute atomic E-state index is 13.3. The Balaban J connectivity index is 1.46. The fourth-order valence-electron chi connectivity index (χ4n) is 4.25. The lowest BCUT2D eigenvalue weighted by Gasteiger charge is -2.35. The second-order valence-electron chi connectivity index (χ2n) is 7.81. The van der Waals surface area contributed by atoms with Crippen molar-refractivity contribution in [3.05, 3.63) is 47.3 Å². The number of hydrogen-bond donors (Lipinski definition) is 1. The van der Waals surface area contributed by atoms with Crippen LogP contribution in [0.3, 0.4) is 0 Å². The standard InChI is InChI=1S/C21H27N3O2/c1-15-13-22-23-19(15)12-16-4-3-11-24(14-16)20(25)21(9-10-21)17-5-7-18(26-2)8-6-17/h5-8,13,16H,3-4,9-12,14H2,1-2H3,(H,22,23). The van der Waals surface area contributed by atoms with E-state index in [1.54, 1.807) is 7.11 Å². The number of aromatic nitrogens is 2. The molecule has 0 spiro atoms. The molecular weight excluding hydrogens is 326 g/mol. The van der Waals surface area contributed by atoms with Gasteiger partial charge >= 0.3 is 0 Å². The van der Waals surface area contributed by atoms with Crippen LogP contribution in [0.15, 0.2) is 30.5 Å². The Morgan fingerprint density at radius 1 is 1.35 bits per heavy atom. The topological polar surface area (TPSA) is 58.2 Å². The summed E-state index contributed by atoms with van der Waals surface area (Å²) in [6.07, 6.45) is 7.03. The van der Waals surface area contributed by atoms with Gasteiger partial charge in [-0.25, -0.2) is 0 Å². The molecule has 1 saturated carbocycles. The van der Waals surface area contributed by atoms with Crippen molar-refractivity contribution in [3.63, 3.8) is 0 Å². The molecule has 2 heterocycles. The molecule has 1 N–H and O–H groups in total. The number of carbonyl (C=O) groups excluding carboxylic acids is 1. The number of ether oxygens (including phenoxy) is 1. The van der Waals surface area contributed by atoms with Crippen molar-refractivity contribution >= 4 is 5.91 Å². The molecule has 5 nitrogen and oxygen atoms in total. The number of methoxy groups -OCH3 is 1. The van der Waals surface area contributed by atoms with E-state index < -0.39 is 0 Å². The lowest BCUT2D eigenvalue weighted by atomic mass is 9.89. The van der Waals surface area contributed by atoms with Crippen molar-refractivity contribution in [2.45, 2.75) is 44.4 Å². The quantitative estimate of drug-likeness (QED) is 0.898. The molecule has 1 atom stereocenters. The van der Waals surface area contributed by atoms with E-state index in [0.29, 0.717) is 11.8 Å². The number of carbonyl (C=O) groups is 1. The Labute approximate surface area is 154 Å². The van der Waals surface area contributed by atoms with E-state index in [1.807, 2.05) is 18.3 Å². The summed E-state index contributed by atoms with van der Waals surface area (Å²) in [4.78, 5) is 15.4. The number of nitrogens with one attached hydrogen (secondary N) is 1. The van der Waals surface area contributed by atoms with Crippen LogP contribution in [0, 0.1) is 12.8 Å². The fraction of sp³-hybridized carbons (Fsp3) is 0.524. The molecule has 2 fully saturated rings. The number of likely N-dealkylation sites (tertiary alicyclic amines) is 1. The van der Waals surface area contributed by atoms with Gasteiger partial charge in [0.25, 0.3) is 0 Å². The van der Waals surface area contributed by atoms with Crippen molar-refractivity contribution < 1.29 is 9.53 Å². The number of rotatable bonds is 5. The van der Waals surface area contributed by atoms with Gasteiger partial charge in [-0.3, -0.25) is 9.89 Å². The van der Waals surface area contributed by atoms with E-state index in [9.17, 15) is 4.79 Å². The summed E-state index contributed by atoms with van der Waals surface area (Å²) in [7, 11) is 1.67. The van der Waals surface area contributed by atoms with Gasteiger partial charge in [0.15, 0.2) is 0 Å². The van der Waals surface area contributed by atoms with Gasteiger partial charge in [-0.1, -0.05) is 12.1 Å². The zero-order valence-corrected chi connectivity index (χ0v) is 15.6. The molecule has 1 unspecified atom stereocenters. The summed E-state index contributed by atoms with van der Waals surface area (Å²) < 4.78 is 5.25. The van der Waals surface area contributed by atoms with Gasteiger partial charge in [0.1, 0.15) is 5.75 Å². The molecule has 1 amide bonds. The molecule has 1 saturated heterocycles. The summed E-state index contributed by atoms with van der Waals surface area (Å²) >= 11 is 0. The number of piperidine rings is 1. The fourth-order valence-corrected chi connectivity index (χ4v) is 4.25. The van der Waals surface area contributed by atoms with Crippen molar-refractivity contribution in [2.75, 3.05) is 20.2 Å². The number of nitrogens with zero attached hydrogens (tertiary/aromatic N) is 2. The highest BCUT2D eigenvalue weighted by molar-refractivity contribution is 5.91. The predicted molar refractivity (Wildman–Crippen MR) is 100 cm³/mol. The smallest absolute Gasteiger partial charge is 0.233 e. The highest BCUT2D eigenvalue weighted by atomic mass is 16.5. The molecule has 1 aliphatic heterocycles. The minimum atomic E-state index is -0.294. The maximum atomic E-state index is 13.3. The summed E-state index contributed by atoms with van der Waals surface area (Å²) in [6, 6.07) is 8.03. The Bertz CT molecular complexity index is 777. The first-order valence-corrected chi connectivity index (χ1v) is 9.55. The van der Waals surface area contributed by atoms with Crippen molar-refractivity contribution in [1.82, 2.24) is 15.1 Å². The first kappa shape index (κ1) is 17.1. The van der Waals surface area contributed by atoms with Gasteiger partial charge in [0.2, 0.25) is 5.91 Å². The van der Waals surface area contributed by atoms with E-state index >= 15 is 0 Å². The molecular formula is C21H27N3O2. The van der Waals surface area contributed by atoms with Crippen LogP contribution in [0.1, 0.15) is 42.5 Å². The third-order valence-corrected chi connectivity index (χ3v) is 6.03. The third kappa shape index (κ3) is 3.11. The Morgan fingerprint density at radius 3 is 2.73 bits per heavy atom. The second kappa shape index (κ2) is 6.78. The third-order valence-electron chi connectivity index (χ3n) is 6.03. The monoisotopic (exact) mass is 353 g/mol. The Kier molecular flexibility index (Phi) is 4.47. The largest absolute Gasteiger partial charge is 0.497 e. The van der Waals surface area contributed by atoms with Crippen molar-refractivity contribution in [3.8, 4) is 5.75 Å². The van der Waals surface area contributed by atoms with E-state index in [4.69, 9.17) is 4.74 Å². The maximum Gasteiger partial charge on any atom is 0.233 e. The van der Waals surface area contributed by atoms with Crippen LogP contribution in [-0.4, -0.2) is 41.2 Å². The Hall–Kier alpha value is -2.30.